The summed E-state index contributed by atoms with van der Waals surface area (Å²) in [5.74, 6) is -0.355. The Morgan fingerprint density at radius 1 is 0.870 bits per heavy atom. The van der Waals surface area contributed by atoms with Crippen LogP contribution in [-0.2, 0) is 32.0 Å². The molecule has 0 radical (unpaired) electrons. The Morgan fingerprint density at radius 2 is 1.17 bits per heavy atom. The van der Waals surface area contributed by atoms with E-state index in [4.69, 9.17) is 18.1 Å². The molecule has 0 spiro atoms. The lowest BCUT2D eigenvalue weighted by Gasteiger charge is -2.36. The number of hydrogen-bond donors (Lipinski definition) is 0. The van der Waals surface area contributed by atoms with E-state index in [0.29, 0.717) is 0 Å². The van der Waals surface area contributed by atoms with Crippen molar-refractivity contribution in [2.24, 2.45) is 0 Å². The molecule has 0 heterocycles. The fourth-order valence-electron chi connectivity index (χ4n) is 1.91. The van der Waals surface area contributed by atoms with Crippen LogP contribution in [0.1, 0.15) is 47.5 Å². The molecule has 0 rings (SSSR count). The maximum atomic E-state index is 15.8. The van der Waals surface area contributed by atoms with Crippen LogP contribution in [0.2, 0.25) is 0 Å². The molecule has 0 aromatic rings. The molecule has 0 aliphatic heterocycles. The van der Waals surface area contributed by atoms with Gasteiger partial charge in [0.15, 0.2) is 0 Å². The number of carbonyl (C=O) groups excluding carboxylic acids is 1. The molecule has 0 amide bonds. The van der Waals surface area contributed by atoms with Crippen molar-refractivity contribution in [1.82, 2.24) is 0 Å². The molecule has 0 aromatic carbocycles. The summed E-state index contributed by atoms with van der Waals surface area (Å²) in [5, 5.41) is -3.05. The van der Waals surface area contributed by atoms with Gasteiger partial charge in [-0.1, -0.05) is 0 Å². The molecule has 10 heteroatoms. The average molecular weight is 376 g/mol. The molecule has 0 bridgehead atoms. The largest absolute Gasteiger partial charge is 0.380 e. The van der Waals surface area contributed by atoms with Gasteiger partial charge in [0, 0.05) is 12.8 Å². The van der Waals surface area contributed by atoms with Crippen LogP contribution in [-0.4, -0.2) is 37.4 Å². The molecular weight excluding hydrogens is 349 g/mol. The first-order chi connectivity index (χ1) is 10.7. The van der Waals surface area contributed by atoms with E-state index in [0.717, 1.165) is 0 Å². The van der Waals surface area contributed by atoms with Gasteiger partial charge >= 0.3 is 20.3 Å². The highest BCUT2D eigenvalue weighted by molar-refractivity contribution is 7.73. The van der Waals surface area contributed by atoms with Gasteiger partial charge in [0.1, 0.15) is 5.78 Å². The van der Waals surface area contributed by atoms with E-state index in [1.807, 2.05) is 0 Å². The fraction of sp³-hybridized carbons (Fsp3) is 0.923. The highest BCUT2D eigenvalue weighted by atomic mass is 31.2. The summed E-state index contributed by atoms with van der Waals surface area (Å²) in [5.41, 5.74) is 0. The van der Waals surface area contributed by atoms with E-state index in [1.54, 1.807) is 0 Å². The Kier molecular flexibility index (Phi) is 9.98. The van der Waals surface area contributed by atoms with Crippen LogP contribution in [0.15, 0.2) is 0 Å². The van der Waals surface area contributed by atoms with Gasteiger partial charge in [-0.15, -0.1) is 0 Å². The van der Waals surface area contributed by atoms with Crippen molar-refractivity contribution >= 4 is 21.0 Å². The normalized spacial score (nSPS) is 13.3. The zero-order chi connectivity index (χ0) is 18.1. The smallest absolute Gasteiger partial charge is 0.306 e. The Labute approximate surface area is 137 Å². The first-order valence-electron chi connectivity index (χ1n) is 7.63. The number of hydrogen-bond acceptors (Lipinski definition) is 7. The van der Waals surface area contributed by atoms with Gasteiger partial charge in [-0.25, -0.2) is 4.39 Å². The van der Waals surface area contributed by atoms with E-state index in [9.17, 15) is 13.9 Å². The van der Waals surface area contributed by atoms with Gasteiger partial charge in [-0.3, -0.25) is 9.13 Å². The lowest BCUT2D eigenvalue weighted by Crippen LogP contribution is -2.29. The van der Waals surface area contributed by atoms with Crippen LogP contribution < -0.4 is 0 Å². The molecule has 0 saturated carbocycles. The van der Waals surface area contributed by atoms with Crippen LogP contribution in [0.25, 0.3) is 0 Å². The lowest BCUT2D eigenvalue weighted by molar-refractivity contribution is -0.117. The Morgan fingerprint density at radius 3 is 1.39 bits per heavy atom. The molecule has 23 heavy (non-hydrogen) atoms. The van der Waals surface area contributed by atoms with Crippen molar-refractivity contribution in [3.8, 4) is 0 Å². The first-order valence-corrected chi connectivity index (χ1v) is 10.7. The highest BCUT2D eigenvalue weighted by Gasteiger charge is 2.66. The highest BCUT2D eigenvalue weighted by Crippen LogP contribution is 2.80. The molecule has 0 fully saturated rings. The van der Waals surface area contributed by atoms with Gasteiger partial charge < -0.3 is 22.9 Å². The van der Waals surface area contributed by atoms with Crippen molar-refractivity contribution in [3.63, 3.8) is 0 Å². The van der Waals surface area contributed by atoms with Gasteiger partial charge in [-0.2, -0.15) is 0 Å². The third-order valence-corrected chi connectivity index (χ3v) is 8.82. The summed E-state index contributed by atoms with van der Waals surface area (Å²) < 4.78 is 61.9. The summed E-state index contributed by atoms with van der Waals surface area (Å²) in [4.78, 5) is 11.3. The van der Waals surface area contributed by atoms with E-state index in [1.165, 1.54) is 34.6 Å². The monoisotopic (exact) mass is 376 g/mol. The summed E-state index contributed by atoms with van der Waals surface area (Å²) in [6.07, 6.45) is -0.943. The van der Waals surface area contributed by atoms with Crippen molar-refractivity contribution in [1.29, 1.82) is 0 Å². The van der Waals surface area contributed by atoms with Crippen molar-refractivity contribution in [2.45, 2.75) is 52.6 Å². The average Bonchev–Trinajstić information content (AvgIpc) is 2.45. The Balaban J connectivity index is 6.09. The lowest BCUT2D eigenvalue weighted by atomic mass is 10.2. The Hall–Kier alpha value is -0.100. The topological polar surface area (TPSA) is 88.1 Å². The maximum absolute atomic E-state index is 15.8. The van der Waals surface area contributed by atoms with Crippen LogP contribution in [0.3, 0.4) is 0 Å². The quantitative estimate of drug-likeness (QED) is 0.437. The molecular formula is C13H27FO7P2. The van der Waals surface area contributed by atoms with Crippen molar-refractivity contribution in [3.05, 3.63) is 0 Å². The second kappa shape index (κ2) is 10.0. The zero-order valence-corrected chi connectivity index (χ0v) is 16.2. The number of carbonyl (C=O) groups is 1. The van der Waals surface area contributed by atoms with Gasteiger partial charge in [0.05, 0.1) is 26.4 Å². The number of halogens is 1. The second-order valence-corrected chi connectivity index (χ2v) is 9.38. The van der Waals surface area contributed by atoms with Crippen LogP contribution >= 0.6 is 15.2 Å². The first kappa shape index (κ1) is 22.9. The molecule has 0 aliphatic carbocycles. The minimum Gasteiger partial charge on any atom is -0.306 e. The van der Waals surface area contributed by atoms with Crippen LogP contribution in [0.4, 0.5) is 4.39 Å². The number of Topliss-reactive ketones (excluding diaryl/α,β-unsaturated/α-hetero) is 1. The van der Waals surface area contributed by atoms with Crippen molar-refractivity contribution < 1.29 is 36.4 Å². The number of rotatable bonds is 13. The zero-order valence-electron chi connectivity index (χ0n) is 14.4. The Bertz CT molecular complexity index is 419. The summed E-state index contributed by atoms with van der Waals surface area (Å²) in [6, 6.07) is 0. The molecule has 0 aliphatic rings. The maximum Gasteiger partial charge on any atom is 0.380 e. The number of ketones is 1. The third kappa shape index (κ3) is 5.45. The van der Waals surface area contributed by atoms with E-state index in [2.05, 4.69) is 0 Å². The molecule has 7 nitrogen and oxygen atoms in total. The predicted molar refractivity (Wildman–Crippen MR) is 85.5 cm³/mol. The SMILES string of the molecule is CCOP(=O)(OCC)C(F)(CCC(C)=O)P(=O)(OCC)OCC. The van der Waals surface area contributed by atoms with Crippen LogP contribution in [0.5, 0.6) is 0 Å². The predicted octanol–water partition coefficient (Wildman–Crippen LogP) is 4.51. The second-order valence-electron chi connectivity index (χ2n) is 4.59. The minimum atomic E-state index is -4.51. The molecule has 0 aromatic heterocycles. The van der Waals surface area contributed by atoms with Crippen LogP contribution in [0, 0.1) is 0 Å². The van der Waals surface area contributed by atoms with Gasteiger partial charge in [0.2, 0.25) is 0 Å². The summed E-state index contributed by atoms with van der Waals surface area (Å²) in [6.45, 7) is 6.77. The van der Waals surface area contributed by atoms with E-state index >= 15 is 4.39 Å². The number of alkyl halides is 1. The van der Waals surface area contributed by atoms with E-state index < -0.39 is 26.8 Å². The summed E-state index contributed by atoms with van der Waals surface area (Å²) >= 11 is 0. The molecule has 138 valence electrons. The van der Waals surface area contributed by atoms with E-state index in [-0.39, 0.29) is 38.6 Å². The fourth-order valence-corrected chi connectivity index (χ4v) is 6.87. The van der Waals surface area contributed by atoms with Gasteiger partial charge in [-0.05, 0) is 34.6 Å². The summed E-state index contributed by atoms with van der Waals surface area (Å²) in [7, 11) is -9.02. The minimum absolute atomic E-state index is 0.124. The van der Waals surface area contributed by atoms with Gasteiger partial charge in [0.25, 0.3) is 0 Å². The standard InChI is InChI=1S/C13H27FO7P2/c1-6-18-22(16,19-7-2)13(14,11-10-12(5)15)23(17,20-8-3)21-9-4/h6-11H2,1-5H3. The van der Waals surface area contributed by atoms with Crippen molar-refractivity contribution in [2.75, 3.05) is 26.4 Å². The molecule has 0 unspecified atom stereocenters. The molecule has 0 saturated heterocycles. The molecule has 0 atom stereocenters. The third-order valence-electron chi connectivity index (χ3n) is 2.83. The molecule has 0 N–H and O–H groups in total.